The first-order chi connectivity index (χ1) is 21.0. The Labute approximate surface area is 248 Å². The van der Waals surface area contributed by atoms with Gasteiger partial charge in [-0.2, -0.15) is 15.5 Å². The maximum absolute atomic E-state index is 14.4. The number of ether oxygens (including phenoxy) is 1. The number of likely N-dealkylation sites (N-methyl/N-ethyl adjacent to an activating group) is 1. The van der Waals surface area contributed by atoms with Gasteiger partial charge < -0.3 is 15.0 Å². The van der Waals surface area contributed by atoms with Gasteiger partial charge in [-0.05, 0) is 75.5 Å². The average molecular weight is 583 g/mol. The first-order valence-electron chi connectivity index (χ1n) is 15.5. The van der Waals surface area contributed by atoms with Crippen LogP contribution in [0.5, 0.6) is 0 Å². The maximum Gasteiger partial charge on any atom is 0.276 e. The van der Waals surface area contributed by atoms with Gasteiger partial charge in [0.15, 0.2) is 5.69 Å². The number of benzene rings is 1. The Bertz CT molecular complexity index is 1680. The zero-order valence-corrected chi connectivity index (χ0v) is 24.0. The molecule has 222 valence electrons. The molecule has 4 fully saturated rings. The van der Waals surface area contributed by atoms with Crippen LogP contribution in [0.15, 0.2) is 24.4 Å². The fraction of sp³-hybridized carbons (Fsp3) is 0.548. The number of likely N-dealkylation sites (tertiary alicyclic amines) is 1. The molecule has 3 aliphatic heterocycles. The molecule has 43 heavy (non-hydrogen) atoms. The smallest absolute Gasteiger partial charge is 0.276 e. The fourth-order valence-electron chi connectivity index (χ4n) is 7.66. The molecule has 0 unspecified atom stereocenters. The van der Waals surface area contributed by atoms with Crippen LogP contribution in [0.1, 0.15) is 83.8 Å². The zero-order valence-electron chi connectivity index (χ0n) is 24.0. The molecule has 3 amide bonds. The van der Waals surface area contributed by atoms with Gasteiger partial charge in [0.1, 0.15) is 17.9 Å². The summed E-state index contributed by atoms with van der Waals surface area (Å²) in [7, 11) is 0. The first kappa shape index (κ1) is 26.4. The number of carbonyl (C=O) groups is 3. The lowest BCUT2D eigenvalue weighted by molar-refractivity contribution is -0.121. The zero-order chi connectivity index (χ0) is 29.4. The normalized spacial score (nSPS) is 28.5. The van der Waals surface area contributed by atoms with Crippen LogP contribution < -0.4 is 10.2 Å². The Hall–Kier alpha value is -4.24. The number of H-pyrrole nitrogens is 1. The predicted octanol–water partition coefficient (Wildman–Crippen LogP) is 2.90. The van der Waals surface area contributed by atoms with E-state index in [9.17, 15) is 19.6 Å². The molecule has 2 saturated heterocycles. The molecular formula is C31H34N8O4. The number of nitriles is 1. The van der Waals surface area contributed by atoms with Gasteiger partial charge in [0, 0.05) is 48.2 Å². The quantitative estimate of drug-likeness (QED) is 0.454. The monoisotopic (exact) mass is 582 g/mol. The van der Waals surface area contributed by atoms with E-state index in [1.807, 2.05) is 11.6 Å². The van der Waals surface area contributed by atoms with Crippen molar-refractivity contribution in [3.63, 3.8) is 0 Å². The van der Waals surface area contributed by atoms with E-state index in [-0.39, 0.29) is 35.7 Å². The summed E-state index contributed by atoms with van der Waals surface area (Å²) in [5.74, 6) is 0.0277. The maximum atomic E-state index is 14.4. The van der Waals surface area contributed by atoms with Crippen molar-refractivity contribution in [1.29, 1.82) is 5.26 Å². The molecule has 12 heteroatoms. The van der Waals surface area contributed by atoms with Crippen molar-refractivity contribution >= 4 is 34.4 Å². The molecule has 2 aromatic heterocycles. The van der Waals surface area contributed by atoms with Gasteiger partial charge in [0.25, 0.3) is 17.7 Å². The van der Waals surface area contributed by atoms with Crippen molar-refractivity contribution in [1.82, 2.24) is 30.2 Å². The highest BCUT2D eigenvalue weighted by atomic mass is 16.5. The number of amides is 3. The van der Waals surface area contributed by atoms with E-state index in [0.717, 1.165) is 48.6 Å². The third kappa shape index (κ3) is 4.16. The molecule has 5 aliphatic rings. The van der Waals surface area contributed by atoms with Gasteiger partial charge in [-0.3, -0.25) is 24.4 Å². The van der Waals surface area contributed by atoms with Gasteiger partial charge in [-0.1, -0.05) is 0 Å². The molecule has 8 rings (SSSR count). The molecule has 2 saturated carbocycles. The van der Waals surface area contributed by atoms with E-state index in [4.69, 9.17) is 9.84 Å². The van der Waals surface area contributed by atoms with Gasteiger partial charge in [0.05, 0.1) is 23.8 Å². The van der Waals surface area contributed by atoms with E-state index >= 15 is 0 Å². The topological polar surface area (TPSA) is 149 Å². The summed E-state index contributed by atoms with van der Waals surface area (Å²) < 4.78 is 7.53. The lowest BCUT2D eigenvalue weighted by Crippen LogP contribution is -2.56. The Morgan fingerprint density at radius 2 is 1.98 bits per heavy atom. The minimum absolute atomic E-state index is 0.0161. The van der Waals surface area contributed by atoms with Crippen molar-refractivity contribution < 1.29 is 19.1 Å². The highest BCUT2D eigenvalue weighted by Gasteiger charge is 2.57. The fourth-order valence-corrected chi connectivity index (χ4v) is 7.66. The average Bonchev–Trinajstić information content (AvgIpc) is 3.88. The molecule has 5 atom stereocenters. The van der Waals surface area contributed by atoms with Crippen LogP contribution in [0, 0.1) is 23.2 Å². The summed E-state index contributed by atoms with van der Waals surface area (Å²) >= 11 is 0. The third-order valence-corrected chi connectivity index (χ3v) is 10.1. The number of piperidine rings is 1. The number of aromatic amines is 1. The second-order valence-electron chi connectivity index (χ2n) is 12.6. The Morgan fingerprint density at radius 3 is 2.72 bits per heavy atom. The molecule has 0 bridgehead atoms. The van der Waals surface area contributed by atoms with Crippen molar-refractivity contribution in [2.75, 3.05) is 24.7 Å². The second kappa shape index (κ2) is 9.91. The lowest BCUT2D eigenvalue weighted by Gasteiger charge is -2.39. The third-order valence-electron chi connectivity index (χ3n) is 10.1. The minimum atomic E-state index is -0.842. The van der Waals surface area contributed by atoms with Crippen LogP contribution in [0.2, 0.25) is 0 Å². The van der Waals surface area contributed by atoms with Crippen LogP contribution in [0.3, 0.4) is 0 Å². The largest absolute Gasteiger partial charge is 0.381 e. The number of rotatable bonds is 6. The molecule has 1 aromatic carbocycles. The lowest BCUT2D eigenvalue weighted by atomic mass is 9.82. The summed E-state index contributed by atoms with van der Waals surface area (Å²) in [6.45, 7) is 3.45. The van der Waals surface area contributed by atoms with Crippen LogP contribution in [-0.4, -0.2) is 80.5 Å². The van der Waals surface area contributed by atoms with E-state index in [1.165, 1.54) is 0 Å². The summed E-state index contributed by atoms with van der Waals surface area (Å²) in [4.78, 5) is 45.8. The highest BCUT2D eigenvalue weighted by Crippen LogP contribution is 2.53. The van der Waals surface area contributed by atoms with Gasteiger partial charge in [-0.25, -0.2) is 4.68 Å². The van der Waals surface area contributed by atoms with Crippen LogP contribution in [0.25, 0.3) is 10.9 Å². The standard InChI is InChI=1S/C31H34N8O4/c1-2-37-29-25(24(16-3-4-16)26(30(37)41)34-28(40)17-5-6-22-19(11-17)15-33-35-22)27(36-39(29)20-7-9-43-10-8-20)31(42)38-21(14-32)12-18-13-23(18)38/h5-6,11,15-16,18,20-21,23-24,26H,2-4,7-10,12-13H2,1H3,(H,33,35)(H,34,40)/t18-,21-,23+,24-,26-/m0/s1. The van der Waals surface area contributed by atoms with Crippen molar-refractivity contribution in [2.24, 2.45) is 11.8 Å². The van der Waals surface area contributed by atoms with E-state index in [0.29, 0.717) is 49.2 Å². The van der Waals surface area contributed by atoms with Crippen molar-refractivity contribution in [3.8, 4) is 6.07 Å². The van der Waals surface area contributed by atoms with Gasteiger partial charge in [-0.15, -0.1) is 0 Å². The molecular weight excluding hydrogens is 548 g/mol. The van der Waals surface area contributed by atoms with E-state index < -0.39 is 18.0 Å². The number of fused-ring (bicyclic) bond motifs is 3. The minimum Gasteiger partial charge on any atom is -0.381 e. The number of nitrogens with zero attached hydrogens (tertiary/aromatic N) is 6. The molecule has 5 heterocycles. The Morgan fingerprint density at radius 1 is 1.16 bits per heavy atom. The van der Waals surface area contributed by atoms with Crippen LogP contribution in [-0.2, 0) is 9.53 Å². The summed E-state index contributed by atoms with van der Waals surface area (Å²) in [6.07, 6.45) is 6.54. The SMILES string of the molecule is CCN1C(=O)[C@@H](NC(=O)c2ccc3[nH]ncc3c2)[C@@H](C2CC2)c2c(C(=O)N3[C@H](C#N)C[C@H]4C[C@H]43)nn(C3CCOCC3)c21. The van der Waals surface area contributed by atoms with Crippen molar-refractivity contribution in [3.05, 3.63) is 41.2 Å². The van der Waals surface area contributed by atoms with Crippen molar-refractivity contribution in [2.45, 2.75) is 75.5 Å². The molecule has 2 N–H and O–H groups in total. The van der Waals surface area contributed by atoms with Crippen LogP contribution in [0.4, 0.5) is 5.82 Å². The number of carbonyl (C=O) groups excluding carboxylic acids is 3. The molecule has 0 radical (unpaired) electrons. The number of nitrogens with one attached hydrogen (secondary N) is 2. The summed E-state index contributed by atoms with van der Waals surface area (Å²) in [5.41, 5.74) is 2.34. The first-order valence-corrected chi connectivity index (χ1v) is 15.5. The summed E-state index contributed by atoms with van der Waals surface area (Å²) in [6, 6.07) is 6.36. The number of hydrogen-bond donors (Lipinski definition) is 2. The van der Waals surface area contributed by atoms with E-state index in [2.05, 4.69) is 21.6 Å². The number of aromatic nitrogens is 4. The van der Waals surface area contributed by atoms with E-state index in [1.54, 1.807) is 34.2 Å². The molecule has 2 aliphatic carbocycles. The molecule has 3 aromatic rings. The second-order valence-corrected chi connectivity index (χ2v) is 12.6. The highest BCUT2D eigenvalue weighted by molar-refractivity contribution is 6.07. The number of hydrogen-bond acceptors (Lipinski definition) is 7. The summed E-state index contributed by atoms with van der Waals surface area (Å²) in [5, 5.41) is 25.7. The number of anilines is 1. The van der Waals surface area contributed by atoms with Crippen LogP contribution >= 0.6 is 0 Å². The predicted molar refractivity (Wildman–Crippen MR) is 154 cm³/mol. The Balaban J connectivity index is 1.24. The van der Waals surface area contributed by atoms with Gasteiger partial charge >= 0.3 is 0 Å². The molecule has 0 spiro atoms. The Kier molecular flexibility index (Phi) is 6.08. The molecule has 12 nitrogen and oxygen atoms in total. The van der Waals surface area contributed by atoms with Gasteiger partial charge in [0.2, 0.25) is 0 Å².